The van der Waals surface area contributed by atoms with Crippen LogP contribution in [0, 0.1) is 0 Å². The van der Waals surface area contributed by atoms with E-state index in [0.717, 1.165) is 18.6 Å². The topological polar surface area (TPSA) is 80.5 Å². The summed E-state index contributed by atoms with van der Waals surface area (Å²) in [6, 6.07) is 2.25. The van der Waals surface area contributed by atoms with E-state index in [9.17, 15) is 13.2 Å². The summed E-state index contributed by atoms with van der Waals surface area (Å²) in [7, 11) is -2.35. The molecule has 0 aliphatic heterocycles. The van der Waals surface area contributed by atoms with Crippen LogP contribution in [-0.2, 0) is 10.0 Å². The Morgan fingerprint density at radius 2 is 1.95 bits per heavy atom. The zero-order valence-corrected chi connectivity index (χ0v) is 13.7. The van der Waals surface area contributed by atoms with Gasteiger partial charge in [-0.3, -0.25) is 4.79 Å². The molecule has 1 amide bonds. The van der Waals surface area contributed by atoms with E-state index in [4.69, 9.17) is 28.3 Å². The summed E-state index contributed by atoms with van der Waals surface area (Å²) in [5.74, 6) is -0.406. The first-order valence-corrected chi connectivity index (χ1v) is 8.18. The van der Waals surface area contributed by atoms with Gasteiger partial charge in [0, 0.05) is 13.1 Å². The van der Waals surface area contributed by atoms with E-state index < -0.39 is 15.9 Å². The molecule has 0 heterocycles. The smallest absolute Gasteiger partial charge is 0.255 e. The highest BCUT2D eigenvalue weighted by molar-refractivity contribution is 7.89. The van der Waals surface area contributed by atoms with E-state index in [1.54, 1.807) is 7.05 Å². The third kappa shape index (κ3) is 3.63. The maximum Gasteiger partial charge on any atom is 0.255 e. The number of nitrogens with two attached hydrogens (primary N) is 1. The lowest BCUT2D eigenvalue weighted by atomic mass is 10.1. The van der Waals surface area contributed by atoms with Crippen molar-refractivity contribution in [2.24, 2.45) is 5.14 Å². The summed E-state index contributed by atoms with van der Waals surface area (Å²) < 4.78 is 22.8. The summed E-state index contributed by atoms with van der Waals surface area (Å²) in [6.07, 6.45) is 0.752. The van der Waals surface area contributed by atoms with E-state index in [-0.39, 0.29) is 26.5 Å². The second-order valence-electron chi connectivity index (χ2n) is 4.48. The van der Waals surface area contributed by atoms with Gasteiger partial charge in [0.1, 0.15) is 0 Å². The molecule has 1 unspecified atom stereocenters. The van der Waals surface area contributed by atoms with Gasteiger partial charge in [-0.05, 0) is 25.5 Å². The van der Waals surface area contributed by atoms with Crippen molar-refractivity contribution in [2.45, 2.75) is 31.2 Å². The molecule has 0 aliphatic carbocycles. The number of benzene rings is 1. The average molecular weight is 339 g/mol. The van der Waals surface area contributed by atoms with Crippen LogP contribution >= 0.6 is 23.2 Å². The van der Waals surface area contributed by atoms with Crippen LogP contribution in [0.1, 0.15) is 30.6 Å². The highest BCUT2D eigenvalue weighted by atomic mass is 35.5. The first kappa shape index (κ1) is 17.2. The molecule has 0 fully saturated rings. The molecule has 2 N–H and O–H groups in total. The fourth-order valence-electron chi connectivity index (χ4n) is 1.55. The number of nitrogens with zero attached hydrogens (tertiary/aromatic N) is 1. The van der Waals surface area contributed by atoms with E-state index in [1.165, 1.54) is 4.90 Å². The Hall–Kier alpha value is -0.820. The molecule has 20 heavy (non-hydrogen) atoms. The standard InChI is InChI=1S/C12H16Cl2N2O3S/c1-4-7(2)16(3)12(17)9-5-8(20(15,18)19)6-10(13)11(9)14/h5-7H,4H2,1-3H3,(H2,15,18,19). The lowest BCUT2D eigenvalue weighted by molar-refractivity contribution is 0.0740. The molecule has 0 saturated carbocycles. The number of amides is 1. The zero-order chi connectivity index (χ0) is 15.7. The molecule has 112 valence electrons. The Morgan fingerprint density at radius 1 is 1.40 bits per heavy atom. The molecule has 0 aliphatic rings. The molecule has 8 heteroatoms. The molecule has 0 radical (unpaired) electrons. The third-order valence-corrected chi connectivity index (χ3v) is 4.83. The predicted molar refractivity (Wildman–Crippen MR) is 79.7 cm³/mol. The van der Waals surface area contributed by atoms with Gasteiger partial charge in [0.25, 0.3) is 5.91 Å². The number of halogens is 2. The maximum absolute atomic E-state index is 12.3. The minimum atomic E-state index is -3.96. The monoisotopic (exact) mass is 338 g/mol. The van der Waals surface area contributed by atoms with E-state index in [1.807, 2.05) is 13.8 Å². The second-order valence-corrected chi connectivity index (χ2v) is 6.83. The minimum Gasteiger partial charge on any atom is -0.339 e. The highest BCUT2D eigenvalue weighted by Crippen LogP contribution is 2.30. The van der Waals surface area contributed by atoms with Crippen LogP contribution in [-0.4, -0.2) is 32.3 Å². The summed E-state index contributed by atoms with van der Waals surface area (Å²) in [5, 5.41) is 5.04. The van der Waals surface area contributed by atoms with E-state index >= 15 is 0 Å². The molecular weight excluding hydrogens is 323 g/mol. The SMILES string of the molecule is CCC(C)N(C)C(=O)c1cc(S(N)(=O)=O)cc(Cl)c1Cl. The van der Waals surface area contributed by atoms with Gasteiger partial charge in [0.05, 0.1) is 20.5 Å². The van der Waals surface area contributed by atoms with Crippen molar-refractivity contribution >= 4 is 39.1 Å². The first-order valence-electron chi connectivity index (χ1n) is 5.88. The highest BCUT2D eigenvalue weighted by Gasteiger charge is 2.23. The van der Waals surface area contributed by atoms with E-state index in [0.29, 0.717) is 0 Å². The largest absolute Gasteiger partial charge is 0.339 e. The van der Waals surface area contributed by atoms with Crippen LogP contribution in [0.25, 0.3) is 0 Å². The van der Waals surface area contributed by atoms with Crippen LogP contribution in [0.5, 0.6) is 0 Å². The molecule has 1 rings (SSSR count). The summed E-state index contributed by atoms with van der Waals surface area (Å²) in [5.41, 5.74) is 0.0194. The number of sulfonamides is 1. The number of hydrogen-bond donors (Lipinski definition) is 1. The molecule has 1 aromatic carbocycles. The average Bonchev–Trinajstić information content (AvgIpc) is 2.37. The normalized spacial score (nSPS) is 13.1. The molecule has 0 saturated heterocycles. The summed E-state index contributed by atoms with van der Waals surface area (Å²) in [4.78, 5) is 13.6. The summed E-state index contributed by atoms with van der Waals surface area (Å²) in [6.45, 7) is 3.81. The lowest BCUT2D eigenvalue weighted by Gasteiger charge is -2.24. The van der Waals surface area contributed by atoms with Crippen molar-refractivity contribution in [2.75, 3.05) is 7.05 Å². The van der Waals surface area contributed by atoms with Crippen LogP contribution in [0.3, 0.4) is 0 Å². The van der Waals surface area contributed by atoms with Crippen molar-refractivity contribution in [1.82, 2.24) is 4.90 Å². The molecule has 5 nitrogen and oxygen atoms in total. The van der Waals surface area contributed by atoms with Gasteiger partial charge >= 0.3 is 0 Å². The minimum absolute atomic E-state index is 0.0132. The Labute approximate surface area is 128 Å². The number of carbonyl (C=O) groups excluding carboxylic acids is 1. The fourth-order valence-corrected chi connectivity index (χ4v) is 2.59. The number of rotatable bonds is 4. The van der Waals surface area contributed by atoms with Crippen molar-refractivity contribution in [3.8, 4) is 0 Å². The van der Waals surface area contributed by atoms with Gasteiger partial charge in [0.15, 0.2) is 0 Å². The number of hydrogen-bond acceptors (Lipinski definition) is 3. The van der Waals surface area contributed by atoms with Crippen molar-refractivity contribution in [3.05, 3.63) is 27.7 Å². The Morgan fingerprint density at radius 3 is 2.40 bits per heavy atom. The van der Waals surface area contributed by atoms with Crippen LogP contribution in [0.15, 0.2) is 17.0 Å². The van der Waals surface area contributed by atoms with Crippen LogP contribution < -0.4 is 5.14 Å². The zero-order valence-electron chi connectivity index (χ0n) is 11.4. The van der Waals surface area contributed by atoms with E-state index in [2.05, 4.69) is 0 Å². The Kier molecular flexibility index (Phi) is 5.43. The van der Waals surface area contributed by atoms with Gasteiger partial charge in [-0.2, -0.15) is 0 Å². The van der Waals surface area contributed by atoms with Gasteiger partial charge in [-0.1, -0.05) is 30.1 Å². The Balaban J connectivity index is 3.38. The summed E-state index contributed by atoms with van der Waals surface area (Å²) >= 11 is 11.9. The van der Waals surface area contributed by atoms with Gasteiger partial charge < -0.3 is 4.90 Å². The van der Waals surface area contributed by atoms with Crippen LogP contribution in [0.4, 0.5) is 0 Å². The molecule has 0 aromatic heterocycles. The van der Waals surface area contributed by atoms with Crippen molar-refractivity contribution < 1.29 is 13.2 Å². The van der Waals surface area contributed by atoms with Crippen LogP contribution in [0.2, 0.25) is 10.0 Å². The maximum atomic E-state index is 12.3. The second kappa shape index (κ2) is 6.30. The molecule has 1 atom stereocenters. The molecular formula is C12H16Cl2N2O3S. The van der Waals surface area contributed by atoms with Gasteiger partial charge in [-0.25, -0.2) is 13.6 Å². The van der Waals surface area contributed by atoms with Gasteiger partial charge in [-0.15, -0.1) is 0 Å². The molecule has 0 bridgehead atoms. The van der Waals surface area contributed by atoms with Gasteiger partial charge in [0.2, 0.25) is 10.0 Å². The number of primary sulfonamides is 1. The molecule has 1 aromatic rings. The number of carbonyl (C=O) groups is 1. The fraction of sp³-hybridized carbons (Fsp3) is 0.417. The van der Waals surface area contributed by atoms with Crippen molar-refractivity contribution in [3.63, 3.8) is 0 Å². The lowest BCUT2D eigenvalue weighted by Crippen LogP contribution is -2.35. The van der Waals surface area contributed by atoms with Crippen molar-refractivity contribution in [1.29, 1.82) is 0 Å². The molecule has 0 spiro atoms. The Bertz CT molecular complexity index is 632. The third-order valence-electron chi connectivity index (χ3n) is 3.13. The quantitative estimate of drug-likeness (QED) is 0.915. The first-order chi connectivity index (χ1) is 9.09. The predicted octanol–water partition coefficient (Wildman–Crippen LogP) is 2.51.